The number of fused-ring (bicyclic) bond motifs is 2. The van der Waals surface area contributed by atoms with Gasteiger partial charge in [-0.2, -0.15) is 0 Å². The van der Waals surface area contributed by atoms with Crippen molar-refractivity contribution in [3.05, 3.63) is 8.02 Å². The lowest BCUT2D eigenvalue weighted by Crippen LogP contribution is -2.14. The smallest absolute Gasteiger partial charge is 0.155 e. The highest BCUT2D eigenvalue weighted by Gasteiger charge is 2.14. The third-order valence-electron chi connectivity index (χ3n) is 2.33. The van der Waals surface area contributed by atoms with Crippen LogP contribution in [0, 0.1) is 9.94 Å². The predicted octanol–water partition coefficient (Wildman–Crippen LogP) is 1.41. The van der Waals surface area contributed by atoms with Gasteiger partial charge in [0.15, 0.2) is 3.01 Å². The topological polar surface area (TPSA) is 25.8 Å². The standard InChI is InChI=1S/C9H3B2IN2S2/c1-2-13-5-3(10)8-6(14-9(12)16-8)4(11)7(5)15-2/h1H3. The Kier molecular flexibility index (Phi) is 2.52. The third-order valence-corrected chi connectivity index (χ3v) is 5.12. The summed E-state index contributed by atoms with van der Waals surface area (Å²) in [6.07, 6.45) is 0. The molecule has 0 aliphatic heterocycles. The van der Waals surface area contributed by atoms with Crippen LogP contribution in [0.2, 0.25) is 0 Å². The maximum Gasteiger partial charge on any atom is 0.155 e. The van der Waals surface area contributed by atoms with Crippen molar-refractivity contribution in [1.82, 2.24) is 9.97 Å². The van der Waals surface area contributed by atoms with Crippen LogP contribution in [-0.2, 0) is 0 Å². The molecule has 0 saturated heterocycles. The molecule has 0 spiro atoms. The highest BCUT2D eigenvalue weighted by molar-refractivity contribution is 14.1. The Bertz CT molecular complexity index is 605. The summed E-state index contributed by atoms with van der Waals surface area (Å²) in [5, 5.41) is 0.973. The van der Waals surface area contributed by atoms with Crippen LogP contribution in [0.25, 0.3) is 20.4 Å². The Labute approximate surface area is 116 Å². The summed E-state index contributed by atoms with van der Waals surface area (Å²) in [5.41, 5.74) is 3.02. The van der Waals surface area contributed by atoms with Crippen molar-refractivity contribution >= 4 is 92.3 Å². The van der Waals surface area contributed by atoms with E-state index in [0.29, 0.717) is 10.9 Å². The van der Waals surface area contributed by atoms with Gasteiger partial charge in [-0.3, -0.25) is 0 Å². The average molecular weight is 352 g/mol. The predicted molar refractivity (Wildman–Crippen MR) is 81.0 cm³/mol. The van der Waals surface area contributed by atoms with E-state index in [0.717, 1.165) is 28.5 Å². The SMILES string of the molecule is [B]c1c2nc(I)sc2c([B])c2nc(C)sc12. The van der Waals surface area contributed by atoms with Crippen LogP contribution < -0.4 is 10.9 Å². The zero-order valence-electron chi connectivity index (χ0n) is 8.24. The fourth-order valence-electron chi connectivity index (χ4n) is 1.67. The number of benzene rings is 1. The number of aromatic nitrogens is 2. The van der Waals surface area contributed by atoms with Gasteiger partial charge >= 0.3 is 0 Å². The zero-order valence-corrected chi connectivity index (χ0v) is 12.0. The summed E-state index contributed by atoms with van der Waals surface area (Å²) >= 11 is 5.29. The van der Waals surface area contributed by atoms with Gasteiger partial charge in [0.2, 0.25) is 0 Å². The van der Waals surface area contributed by atoms with E-state index in [2.05, 4.69) is 32.6 Å². The first-order valence-corrected chi connectivity index (χ1v) is 7.19. The molecular formula is C9H3B2IN2S2. The molecule has 0 aliphatic carbocycles. The highest BCUT2D eigenvalue weighted by Crippen LogP contribution is 2.26. The Morgan fingerprint density at radius 3 is 2.25 bits per heavy atom. The first-order chi connectivity index (χ1) is 7.58. The van der Waals surface area contributed by atoms with Gasteiger partial charge in [0.1, 0.15) is 15.7 Å². The van der Waals surface area contributed by atoms with Gasteiger partial charge in [0.25, 0.3) is 0 Å². The van der Waals surface area contributed by atoms with Crippen molar-refractivity contribution < 1.29 is 0 Å². The molecule has 0 amide bonds. The van der Waals surface area contributed by atoms with Gasteiger partial charge in [0, 0.05) is 9.40 Å². The van der Waals surface area contributed by atoms with Crippen LogP contribution in [0.4, 0.5) is 0 Å². The highest BCUT2D eigenvalue weighted by atomic mass is 127. The quantitative estimate of drug-likeness (QED) is 0.452. The first kappa shape index (κ1) is 11.0. The fraction of sp³-hybridized carbons (Fsp3) is 0.111. The Morgan fingerprint density at radius 1 is 1.00 bits per heavy atom. The molecule has 0 saturated carbocycles. The van der Waals surface area contributed by atoms with Gasteiger partial charge in [-0.05, 0) is 29.5 Å². The lowest BCUT2D eigenvalue weighted by molar-refractivity contribution is 1.35. The number of hydrogen-bond acceptors (Lipinski definition) is 4. The van der Waals surface area contributed by atoms with E-state index in [-0.39, 0.29) is 0 Å². The molecule has 4 radical (unpaired) electrons. The summed E-state index contributed by atoms with van der Waals surface area (Å²) in [5.74, 6) is 0. The number of thiazole rings is 2. The summed E-state index contributed by atoms with van der Waals surface area (Å²) in [6, 6.07) is 0. The van der Waals surface area contributed by atoms with Gasteiger partial charge < -0.3 is 0 Å². The minimum Gasteiger partial charge on any atom is -0.242 e. The van der Waals surface area contributed by atoms with Crippen LogP contribution in [-0.4, -0.2) is 25.7 Å². The summed E-state index contributed by atoms with van der Waals surface area (Å²) in [7, 11) is 12.2. The third kappa shape index (κ3) is 1.44. The molecule has 7 heteroatoms. The molecule has 16 heavy (non-hydrogen) atoms. The molecule has 0 aliphatic rings. The Hall–Kier alpha value is -0.140. The van der Waals surface area contributed by atoms with Crippen LogP contribution in [0.1, 0.15) is 5.01 Å². The van der Waals surface area contributed by atoms with Gasteiger partial charge in [-0.15, -0.1) is 22.7 Å². The monoisotopic (exact) mass is 352 g/mol. The molecule has 2 nitrogen and oxygen atoms in total. The maximum atomic E-state index is 6.11. The van der Waals surface area contributed by atoms with Crippen molar-refractivity contribution in [3.63, 3.8) is 0 Å². The largest absolute Gasteiger partial charge is 0.242 e. The first-order valence-electron chi connectivity index (χ1n) is 4.48. The van der Waals surface area contributed by atoms with E-state index in [1.807, 2.05) is 6.92 Å². The Balaban J connectivity index is 2.63. The van der Waals surface area contributed by atoms with E-state index in [1.54, 1.807) is 22.7 Å². The van der Waals surface area contributed by atoms with E-state index in [1.165, 1.54) is 0 Å². The van der Waals surface area contributed by atoms with Gasteiger partial charge in [-0.25, -0.2) is 9.97 Å². The second kappa shape index (κ2) is 3.68. The van der Waals surface area contributed by atoms with Crippen LogP contribution >= 0.6 is 45.3 Å². The van der Waals surface area contributed by atoms with Crippen LogP contribution in [0.5, 0.6) is 0 Å². The number of aryl methyl sites for hydroxylation is 1. The van der Waals surface area contributed by atoms with Crippen molar-refractivity contribution in [2.24, 2.45) is 0 Å². The van der Waals surface area contributed by atoms with E-state index < -0.39 is 0 Å². The average Bonchev–Trinajstić information content (AvgIpc) is 2.78. The molecule has 0 atom stereocenters. The van der Waals surface area contributed by atoms with Crippen LogP contribution in [0.3, 0.4) is 0 Å². The molecular weight excluding hydrogens is 349 g/mol. The molecule has 0 bridgehead atoms. The molecule has 2 aromatic heterocycles. The lowest BCUT2D eigenvalue weighted by Gasteiger charge is -2.01. The maximum absolute atomic E-state index is 6.11. The van der Waals surface area contributed by atoms with E-state index in [9.17, 15) is 0 Å². The Morgan fingerprint density at radius 2 is 1.56 bits per heavy atom. The zero-order chi connectivity index (χ0) is 11.4. The van der Waals surface area contributed by atoms with Gasteiger partial charge in [0.05, 0.1) is 16.0 Å². The van der Waals surface area contributed by atoms with E-state index >= 15 is 0 Å². The summed E-state index contributed by atoms with van der Waals surface area (Å²) in [6.45, 7) is 1.95. The van der Waals surface area contributed by atoms with Crippen LogP contribution in [0.15, 0.2) is 0 Å². The minimum atomic E-state index is 0.698. The molecule has 1 aromatic carbocycles. The van der Waals surface area contributed by atoms with Crippen molar-refractivity contribution in [3.8, 4) is 0 Å². The lowest BCUT2D eigenvalue weighted by atomic mass is 9.87. The van der Waals surface area contributed by atoms with Crippen molar-refractivity contribution in [1.29, 1.82) is 0 Å². The van der Waals surface area contributed by atoms with E-state index in [4.69, 9.17) is 15.7 Å². The number of rotatable bonds is 0. The molecule has 74 valence electrons. The second-order valence-electron chi connectivity index (χ2n) is 3.38. The molecule has 3 aromatic rings. The molecule has 0 unspecified atom stereocenters. The summed E-state index contributed by atoms with van der Waals surface area (Å²) in [4.78, 5) is 8.83. The normalized spacial score (nSPS) is 11.6. The van der Waals surface area contributed by atoms with Gasteiger partial charge in [-0.1, -0.05) is 10.9 Å². The number of halogens is 1. The number of nitrogens with zero attached hydrogens (tertiary/aromatic N) is 2. The fourth-order valence-corrected chi connectivity index (χ4v) is 4.22. The molecule has 0 fully saturated rings. The molecule has 0 N–H and O–H groups in total. The van der Waals surface area contributed by atoms with Crippen molar-refractivity contribution in [2.45, 2.75) is 6.92 Å². The second-order valence-corrected chi connectivity index (χ2v) is 7.34. The minimum absolute atomic E-state index is 0.698. The molecule has 2 heterocycles. The molecule has 3 rings (SSSR count). The number of hydrogen-bond donors (Lipinski definition) is 0. The van der Waals surface area contributed by atoms with Crippen molar-refractivity contribution in [2.75, 3.05) is 0 Å². The summed E-state index contributed by atoms with van der Waals surface area (Å²) < 4.78 is 2.84.